The van der Waals surface area contributed by atoms with Crippen molar-refractivity contribution in [2.45, 2.75) is 52.6 Å². The third-order valence-corrected chi connectivity index (χ3v) is 5.69. The molecule has 0 spiro atoms. The van der Waals surface area contributed by atoms with Gasteiger partial charge in [0.1, 0.15) is 6.10 Å². The van der Waals surface area contributed by atoms with Gasteiger partial charge in [-0.15, -0.1) is 0 Å². The van der Waals surface area contributed by atoms with Crippen molar-refractivity contribution in [1.82, 2.24) is 0 Å². The fourth-order valence-corrected chi connectivity index (χ4v) is 4.23. The summed E-state index contributed by atoms with van der Waals surface area (Å²) in [5.74, 6) is 1.21. The summed E-state index contributed by atoms with van der Waals surface area (Å²) in [5, 5.41) is 0. The molecule has 2 heteroatoms. The molecule has 0 aromatic rings. The lowest BCUT2D eigenvalue weighted by molar-refractivity contribution is -0.149. The first kappa shape index (κ1) is 11.3. The van der Waals surface area contributed by atoms with Crippen LogP contribution in [0.4, 0.5) is 0 Å². The Hall–Kier alpha value is -0.790. The molecule has 0 aromatic carbocycles. The molecule has 0 N–H and O–H groups in total. The van der Waals surface area contributed by atoms with Crippen LogP contribution in [0.2, 0.25) is 0 Å². The van der Waals surface area contributed by atoms with E-state index in [0.29, 0.717) is 11.8 Å². The molecule has 2 fully saturated rings. The van der Waals surface area contributed by atoms with Crippen LogP contribution in [0.1, 0.15) is 46.5 Å². The predicted molar refractivity (Wildman–Crippen MR) is 66.4 cm³/mol. The average Bonchev–Trinajstić information content (AvgIpc) is 2.59. The minimum atomic E-state index is 0.0280. The molecule has 1 saturated carbocycles. The summed E-state index contributed by atoms with van der Waals surface area (Å²) in [6.07, 6.45) is 7.28. The van der Waals surface area contributed by atoms with E-state index in [4.69, 9.17) is 4.74 Å². The number of fused-ring (bicyclic) bond motifs is 3. The summed E-state index contributed by atoms with van der Waals surface area (Å²) in [6, 6.07) is 0. The molecule has 1 saturated heterocycles. The Kier molecular flexibility index (Phi) is 2.39. The van der Waals surface area contributed by atoms with Gasteiger partial charge in [-0.3, -0.25) is 4.79 Å². The maximum atomic E-state index is 11.8. The Morgan fingerprint density at radius 3 is 2.88 bits per heavy atom. The van der Waals surface area contributed by atoms with Crippen LogP contribution in [0, 0.1) is 23.2 Å². The molecule has 17 heavy (non-hydrogen) atoms. The molecule has 2 nitrogen and oxygen atoms in total. The van der Waals surface area contributed by atoms with Gasteiger partial charge in [0.25, 0.3) is 0 Å². The number of carbonyl (C=O) groups excluding carboxylic acids is 1. The summed E-state index contributed by atoms with van der Waals surface area (Å²) in [6.45, 7) is 6.69. The highest BCUT2D eigenvalue weighted by Gasteiger charge is 2.57. The Morgan fingerprint density at radius 2 is 2.12 bits per heavy atom. The molecular formula is C15H22O2. The van der Waals surface area contributed by atoms with Gasteiger partial charge in [-0.1, -0.05) is 32.4 Å². The minimum Gasteiger partial charge on any atom is -0.461 e. The molecule has 2 aliphatic carbocycles. The van der Waals surface area contributed by atoms with Crippen LogP contribution in [0.25, 0.3) is 0 Å². The van der Waals surface area contributed by atoms with Crippen molar-refractivity contribution in [2.75, 3.05) is 0 Å². The summed E-state index contributed by atoms with van der Waals surface area (Å²) in [5.41, 5.74) is 1.67. The van der Waals surface area contributed by atoms with Crippen molar-refractivity contribution >= 4 is 5.97 Å². The highest BCUT2D eigenvalue weighted by atomic mass is 16.6. The Labute approximate surface area is 103 Å². The second kappa shape index (κ2) is 3.60. The third kappa shape index (κ3) is 1.36. The van der Waals surface area contributed by atoms with Crippen LogP contribution < -0.4 is 0 Å². The molecule has 0 aromatic heterocycles. The standard InChI is InChI=1S/C15H22O2/c1-9-5-4-6-11-7-8-12-10(2)14(16)17-13(12)15(9,11)3/h6,9-10,12-13H,4-5,7-8H2,1-3H3. The van der Waals surface area contributed by atoms with Gasteiger partial charge >= 0.3 is 5.97 Å². The van der Waals surface area contributed by atoms with Gasteiger partial charge in [-0.25, -0.2) is 0 Å². The lowest BCUT2D eigenvalue weighted by atomic mass is 9.56. The van der Waals surface area contributed by atoms with Crippen LogP contribution >= 0.6 is 0 Å². The Morgan fingerprint density at radius 1 is 1.35 bits per heavy atom. The third-order valence-electron chi connectivity index (χ3n) is 5.69. The summed E-state index contributed by atoms with van der Waals surface area (Å²) in [4.78, 5) is 11.8. The first-order chi connectivity index (χ1) is 8.05. The number of esters is 1. The van der Waals surface area contributed by atoms with Crippen LogP contribution in [-0.2, 0) is 9.53 Å². The van der Waals surface area contributed by atoms with E-state index in [2.05, 4.69) is 19.9 Å². The van der Waals surface area contributed by atoms with Gasteiger partial charge in [0, 0.05) is 11.3 Å². The quantitative estimate of drug-likeness (QED) is 0.475. The molecule has 94 valence electrons. The minimum absolute atomic E-state index is 0.0280. The van der Waals surface area contributed by atoms with Crippen molar-refractivity contribution < 1.29 is 9.53 Å². The maximum absolute atomic E-state index is 11.8. The lowest BCUT2D eigenvalue weighted by Gasteiger charge is -2.49. The molecule has 3 aliphatic rings. The number of hydrogen-bond donors (Lipinski definition) is 0. The lowest BCUT2D eigenvalue weighted by Crippen LogP contribution is -2.48. The van der Waals surface area contributed by atoms with Gasteiger partial charge in [0.15, 0.2) is 0 Å². The fourth-order valence-electron chi connectivity index (χ4n) is 4.23. The average molecular weight is 234 g/mol. The van der Waals surface area contributed by atoms with E-state index in [1.54, 1.807) is 5.57 Å². The van der Waals surface area contributed by atoms with Gasteiger partial charge in [-0.2, -0.15) is 0 Å². The Balaban J connectivity index is 2.02. The van der Waals surface area contributed by atoms with Crippen molar-refractivity contribution in [1.29, 1.82) is 0 Å². The van der Waals surface area contributed by atoms with Gasteiger partial charge < -0.3 is 4.74 Å². The van der Waals surface area contributed by atoms with Crippen LogP contribution in [0.5, 0.6) is 0 Å². The van der Waals surface area contributed by atoms with E-state index in [-0.39, 0.29) is 23.4 Å². The molecule has 5 atom stereocenters. The fraction of sp³-hybridized carbons (Fsp3) is 0.800. The monoisotopic (exact) mass is 234 g/mol. The topological polar surface area (TPSA) is 26.3 Å². The predicted octanol–water partition coefficient (Wildman–Crippen LogP) is 3.32. The van der Waals surface area contributed by atoms with E-state index >= 15 is 0 Å². The van der Waals surface area contributed by atoms with Crippen LogP contribution in [-0.4, -0.2) is 12.1 Å². The number of ether oxygens (including phenoxy) is 1. The van der Waals surface area contributed by atoms with E-state index < -0.39 is 0 Å². The van der Waals surface area contributed by atoms with Crippen LogP contribution in [0.3, 0.4) is 0 Å². The van der Waals surface area contributed by atoms with Crippen LogP contribution in [0.15, 0.2) is 11.6 Å². The van der Waals surface area contributed by atoms with E-state index in [1.165, 1.54) is 19.3 Å². The zero-order valence-electron chi connectivity index (χ0n) is 11.0. The zero-order chi connectivity index (χ0) is 12.2. The number of carbonyl (C=O) groups is 1. The second-order valence-electron chi connectivity index (χ2n) is 6.34. The molecule has 0 radical (unpaired) electrons. The molecule has 5 unspecified atom stereocenters. The molecule has 1 heterocycles. The summed E-state index contributed by atoms with van der Waals surface area (Å²) >= 11 is 0. The SMILES string of the molecule is CC1C(=O)OC2C1CCC1=CCCC(C)C12C. The number of hydrogen-bond acceptors (Lipinski definition) is 2. The molecular weight excluding hydrogens is 212 g/mol. The number of allylic oxidation sites excluding steroid dienone is 1. The number of rotatable bonds is 0. The second-order valence-corrected chi connectivity index (χ2v) is 6.34. The maximum Gasteiger partial charge on any atom is 0.309 e. The van der Waals surface area contributed by atoms with E-state index in [0.717, 1.165) is 6.42 Å². The van der Waals surface area contributed by atoms with Crippen molar-refractivity contribution in [3.63, 3.8) is 0 Å². The molecule has 3 rings (SSSR count). The zero-order valence-corrected chi connectivity index (χ0v) is 11.0. The first-order valence-corrected chi connectivity index (χ1v) is 6.95. The van der Waals surface area contributed by atoms with Crippen molar-refractivity contribution in [3.05, 3.63) is 11.6 Å². The Bertz CT molecular complexity index is 384. The molecule has 1 aliphatic heterocycles. The summed E-state index contributed by atoms with van der Waals surface area (Å²) < 4.78 is 5.74. The largest absolute Gasteiger partial charge is 0.461 e. The summed E-state index contributed by atoms with van der Waals surface area (Å²) in [7, 11) is 0. The molecule has 0 amide bonds. The normalized spacial score (nSPS) is 49.1. The first-order valence-electron chi connectivity index (χ1n) is 6.95. The van der Waals surface area contributed by atoms with E-state index in [9.17, 15) is 4.79 Å². The van der Waals surface area contributed by atoms with Gasteiger partial charge in [-0.05, 0) is 31.6 Å². The van der Waals surface area contributed by atoms with E-state index in [1.807, 2.05) is 6.92 Å². The van der Waals surface area contributed by atoms with Crippen molar-refractivity contribution in [2.24, 2.45) is 23.2 Å². The van der Waals surface area contributed by atoms with Gasteiger partial charge in [0.05, 0.1) is 5.92 Å². The highest BCUT2D eigenvalue weighted by molar-refractivity contribution is 5.75. The van der Waals surface area contributed by atoms with Gasteiger partial charge in [0.2, 0.25) is 0 Å². The highest BCUT2D eigenvalue weighted by Crippen LogP contribution is 2.56. The smallest absolute Gasteiger partial charge is 0.309 e. The molecule has 0 bridgehead atoms. The van der Waals surface area contributed by atoms with Crippen molar-refractivity contribution in [3.8, 4) is 0 Å².